The van der Waals surface area contributed by atoms with Crippen molar-refractivity contribution in [2.45, 2.75) is 95.0 Å². The van der Waals surface area contributed by atoms with Gasteiger partial charge < -0.3 is 48.7 Å². The third-order valence-corrected chi connectivity index (χ3v) is 11.1. The molecule has 0 radical (unpaired) electrons. The van der Waals surface area contributed by atoms with Crippen molar-refractivity contribution in [1.29, 1.82) is 0 Å². The van der Waals surface area contributed by atoms with Gasteiger partial charge in [0.05, 0.1) is 0 Å². The fourth-order valence-electron chi connectivity index (χ4n) is 7.52. The Kier molecular flexibility index (Phi) is 17.7. The maximum atomic E-state index is 14.5. The van der Waals surface area contributed by atoms with Gasteiger partial charge in [0, 0.05) is 56.2 Å². The zero-order valence-electron chi connectivity index (χ0n) is 36.3. The molecule has 0 bridgehead atoms. The molecule has 0 aliphatic carbocycles. The largest absolute Gasteiger partial charge is 0.370 e. The highest BCUT2D eigenvalue weighted by molar-refractivity contribution is 6.30. The zero-order valence-corrected chi connectivity index (χ0v) is 37.1. The standard InChI is InChI=1S/C46H56ClN11O7/c1-27(40(48)60)53-44(64)39-13-8-22-58(39)45(65)35(12-7-21-52-46(49)50)55-43(63)38(26-34-11-5-6-20-51-34)57-42(62)37(24-29-15-18-33(47)19-16-29)56-41(61)36(54-28(2)59)25-30-14-17-31-9-3-4-10-32(31)23-30/h3-6,9-11,14-20,23,27,35-39H,7-8,12-13,21-22,24-26H2,1-2H3,(H2,48,60)(H,53,64)(H,54,59)(H,55,63)(H,56,61)(H,57,62)(H4,49,50,52)/t27-,35-,36-,37+,38+,39+/m0/s1. The van der Waals surface area contributed by atoms with Crippen LogP contribution in [0.3, 0.4) is 0 Å². The number of carbonyl (C=O) groups is 7. The SMILES string of the molecule is CC(=O)N[C@@H](Cc1ccc2ccccc2c1)C(=O)N[C@H](Cc1ccc(Cl)cc1)C(=O)N[C@H](Cc1ccccn1)C(=O)N[C@@H](CCCN=C(N)N)C(=O)N1CCC[C@@H]1C(=O)N[C@@H](C)C(N)=O. The number of benzene rings is 3. The molecule has 18 nitrogen and oxygen atoms in total. The number of hydrogen-bond donors (Lipinski definition) is 8. The normalized spacial score (nSPS) is 15.6. The van der Waals surface area contributed by atoms with Crippen LogP contribution in [0.4, 0.5) is 0 Å². The highest BCUT2D eigenvalue weighted by Gasteiger charge is 2.39. The van der Waals surface area contributed by atoms with E-state index in [0.717, 1.165) is 16.3 Å². The first-order valence-electron chi connectivity index (χ1n) is 21.3. The number of hydrogen-bond acceptors (Lipinski definition) is 9. The van der Waals surface area contributed by atoms with Crippen LogP contribution < -0.4 is 43.8 Å². The van der Waals surface area contributed by atoms with E-state index in [4.69, 9.17) is 28.8 Å². The molecule has 1 aromatic heterocycles. The Morgan fingerprint density at radius 3 is 1.97 bits per heavy atom. The summed E-state index contributed by atoms with van der Waals surface area (Å²) in [5, 5.41) is 16.1. The van der Waals surface area contributed by atoms with E-state index in [-0.39, 0.29) is 51.2 Å². The van der Waals surface area contributed by atoms with Crippen molar-refractivity contribution in [3.8, 4) is 0 Å². The number of amides is 7. The van der Waals surface area contributed by atoms with Crippen molar-refractivity contribution in [3.05, 3.63) is 113 Å². The van der Waals surface area contributed by atoms with Crippen LogP contribution in [0.25, 0.3) is 10.8 Å². The predicted molar refractivity (Wildman–Crippen MR) is 246 cm³/mol. The molecule has 344 valence electrons. The van der Waals surface area contributed by atoms with Crippen molar-refractivity contribution in [1.82, 2.24) is 36.5 Å². The minimum Gasteiger partial charge on any atom is -0.370 e. The van der Waals surface area contributed by atoms with E-state index < -0.39 is 77.6 Å². The lowest BCUT2D eigenvalue weighted by Crippen LogP contribution is -2.60. The van der Waals surface area contributed by atoms with Gasteiger partial charge in [0.25, 0.3) is 0 Å². The predicted octanol–water partition coefficient (Wildman–Crippen LogP) is 0.910. The highest BCUT2D eigenvalue weighted by atomic mass is 35.5. The van der Waals surface area contributed by atoms with E-state index in [1.54, 1.807) is 42.5 Å². The molecule has 5 rings (SSSR count). The first-order valence-corrected chi connectivity index (χ1v) is 21.7. The summed E-state index contributed by atoms with van der Waals surface area (Å²) in [6.07, 6.45) is 2.57. The molecule has 1 aliphatic rings. The highest BCUT2D eigenvalue weighted by Crippen LogP contribution is 2.21. The lowest BCUT2D eigenvalue weighted by atomic mass is 9.99. The van der Waals surface area contributed by atoms with Gasteiger partial charge in [-0.2, -0.15) is 0 Å². The molecule has 2 heterocycles. The van der Waals surface area contributed by atoms with E-state index in [9.17, 15) is 33.6 Å². The van der Waals surface area contributed by atoms with E-state index in [0.29, 0.717) is 29.1 Å². The number of halogens is 1. The Balaban J connectivity index is 1.42. The van der Waals surface area contributed by atoms with Crippen LogP contribution in [0.2, 0.25) is 5.02 Å². The summed E-state index contributed by atoms with van der Waals surface area (Å²) in [5.41, 5.74) is 18.3. The van der Waals surface area contributed by atoms with E-state index >= 15 is 0 Å². The Morgan fingerprint density at radius 2 is 1.34 bits per heavy atom. The minimum absolute atomic E-state index is 0.0336. The fourth-order valence-corrected chi connectivity index (χ4v) is 7.65. The molecule has 19 heteroatoms. The molecule has 1 fully saturated rings. The second kappa shape index (κ2) is 23.6. The third kappa shape index (κ3) is 14.7. The van der Waals surface area contributed by atoms with Gasteiger partial charge >= 0.3 is 0 Å². The molecule has 1 aliphatic heterocycles. The van der Waals surface area contributed by atoms with Crippen LogP contribution in [-0.2, 0) is 52.8 Å². The number of primary amides is 1. The quantitative estimate of drug-likeness (QED) is 0.0332. The second-order valence-electron chi connectivity index (χ2n) is 15.9. The number of likely N-dealkylation sites (tertiary alicyclic amines) is 1. The monoisotopic (exact) mass is 909 g/mol. The molecule has 7 amide bonds. The second-order valence-corrected chi connectivity index (χ2v) is 16.4. The summed E-state index contributed by atoms with van der Waals surface area (Å²) in [6.45, 7) is 3.05. The van der Waals surface area contributed by atoms with Crippen LogP contribution in [0.15, 0.2) is 96.1 Å². The van der Waals surface area contributed by atoms with Crippen molar-refractivity contribution in [2.24, 2.45) is 22.2 Å². The summed E-state index contributed by atoms with van der Waals surface area (Å²) in [6, 6.07) is 18.4. The molecule has 65 heavy (non-hydrogen) atoms. The first kappa shape index (κ1) is 48.9. The van der Waals surface area contributed by atoms with Crippen LogP contribution >= 0.6 is 11.6 Å². The maximum absolute atomic E-state index is 14.5. The third-order valence-electron chi connectivity index (χ3n) is 10.9. The van der Waals surface area contributed by atoms with Crippen molar-refractivity contribution < 1.29 is 33.6 Å². The lowest BCUT2D eigenvalue weighted by Gasteiger charge is -2.30. The minimum atomic E-state index is -1.34. The van der Waals surface area contributed by atoms with Crippen molar-refractivity contribution in [2.75, 3.05) is 13.1 Å². The lowest BCUT2D eigenvalue weighted by molar-refractivity contribution is -0.142. The number of nitrogens with one attached hydrogen (secondary N) is 5. The summed E-state index contributed by atoms with van der Waals surface area (Å²) in [4.78, 5) is 105. The number of aliphatic imine (C=N–C) groups is 1. The fraction of sp³-hybridized carbons (Fsp3) is 0.370. The van der Waals surface area contributed by atoms with E-state index in [2.05, 4.69) is 36.6 Å². The van der Waals surface area contributed by atoms with Crippen LogP contribution in [-0.4, -0.2) is 107 Å². The van der Waals surface area contributed by atoms with Gasteiger partial charge in [0.15, 0.2) is 5.96 Å². The van der Waals surface area contributed by atoms with Crippen molar-refractivity contribution >= 4 is 69.7 Å². The molecular weight excluding hydrogens is 854 g/mol. The Morgan fingerprint density at radius 1 is 0.738 bits per heavy atom. The smallest absolute Gasteiger partial charge is 0.245 e. The Labute approximate surface area is 381 Å². The van der Waals surface area contributed by atoms with Gasteiger partial charge in [-0.1, -0.05) is 72.3 Å². The number of nitrogens with two attached hydrogens (primary N) is 3. The number of aromatic nitrogens is 1. The molecule has 0 spiro atoms. The Bertz CT molecular complexity index is 2360. The average molecular weight is 910 g/mol. The molecule has 0 saturated carbocycles. The summed E-state index contributed by atoms with van der Waals surface area (Å²) in [7, 11) is 0. The van der Waals surface area contributed by atoms with Gasteiger partial charge in [0.1, 0.15) is 36.3 Å². The van der Waals surface area contributed by atoms with Crippen LogP contribution in [0, 0.1) is 0 Å². The summed E-state index contributed by atoms with van der Waals surface area (Å²) >= 11 is 6.17. The number of rotatable bonds is 21. The number of fused-ring (bicyclic) bond motifs is 1. The van der Waals surface area contributed by atoms with Gasteiger partial charge in [0.2, 0.25) is 41.4 Å². The molecule has 11 N–H and O–H groups in total. The van der Waals surface area contributed by atoms with Crippen molar-refractivity contribution in [3.63, 3.8) is 0 Å². The first-order chi connectivity index (χ1) is 31.1. The average Bonchev–Trinajstić information content (AvgIpc) is 3.78. The molecule has 3 aromatic carbocycles. The number of carbonyl (C=O) groups excluding carboxylic acids is 7. The van der Waals surface area contributed by atoms with E-state index in [1.807, 2.05) is 42.5 Å². The number of pyridine rings is 1. The van der Waals surface area contributed by atoms with Gasteiger partial charge in [-0.3, -0.25) is 43.5 Å². The molecule has 1 saturated heterocycles. The van der Waals surface area contributed by atoms with E-state index in [1.165, 1.54) is 24.9 Å². The Hall–Kier alpha value is -7.08. The van der Waals surface area contributed by atoms with Gasteiger partial charge in [-0.05, 0) is 78.8 Å². The molecule has 0 unspecified atom stereocenters. The molecule has 4 aromatic rings. The zero-order chi connectivity index (χ0) is 47.0. The van der Waals surface area contributed by atoms with Crippen LogP contribution in [0.1, 0.15) is 56.4 Å². The molecular formula is C46H56ClN11O7. The van der Waals surface area contributed by atoms with Crippen LogP contribution in [0.5, 0.6) is 0 Å². The molecule has 6 atom stereocenters. The number of guanidine groups is 1. The summed E-state index contributed by atoms with van der Waals surface area (Å²) < 4.78 is 0. The maximum Gasteiger partial charge on any atom is 0.245 e. The van der Waals surface area contributed by atoms with Gasteiger partial charge in [-0.25, -0.2) is 0 Å². The number of nitrogens with zero attached hydrogens (tertiary/aromatic N) is 3. The topological polar surface area (TPSA) is 286 Å². The van der Waals surface area contributed by atoms with Gasteiger partial charge in [-0.15, -0.1) is 0 Å². The summed E-state index contributed by atoms with van der Waals surface area (Å²) in [5.74, 6) is -4.65.